The number of fused-ring (bicyclic) bond motifs is 1. The van der Waals surface area contributed by atoms with E-state index < -0.39 is 0 Å². The molecule has 1 atom stereocenters. The third-order valence-electron chi connectivity index (χ3n) is 6.50. The largest absolute Gasteiger partial charge is 0.454 e. The van der Waals surface area contributed by atoms with Crippen molar-refractivity contribution in [3.63, 3.8) is 0 Å². The second kappa shape index (κ2) is 9.87. The summed E-state index contributed by atoms with van der Waals surface area (Å²) >= 11 is 0. The lowest BCUT2D eigenvalue weighted by Crippen LogP contribution is -2.48. The maximum absolute atomic E-state index is 11.0. The number of non-ortho nitro benzene ring substituents is 1. The summed E-state index contributed by atoms with van der Waals surface area (Å²) in [7, 11) is 0. The number of nitro groups is 1. The molecule has 1 aromatic heterocycles. The average molecular weight is 480 g/mol. The van der Waals surface area contributed by atoms with Gasteiger partial charge in [-0.1, -0.05) is 19.9 Å². The molecule has 3 aromatic rings. The number of anilines is 1. The van der Waals surface area contributed by atoms with Crippen LogP contribution in [0.3, 0.4) is 0 Å². The van der Waals surface area contributed by atoms with Gasteiger partial charge in [-0.2, -0.15) is 0 Å². The third-order valence-corrected chi connectivity index (χ3v) is 6.50. The van der Waals surface area contributed by atoms with Crippen molar-refractivity contribution >= 4 is 11.4 Å². The monoisotopic (exact) mass is 479 g/mol. The Kier molecular flexibility index (Phi) is 6.49. The minimum absolute atomic E-state index is 0.0954. The zero-order valence-corrected chi connectivity index (χ0v) is 19.9. The zero-order chi connectivity index (χ0) is 24.4. The van der Waals surface area contributed by atoms with Gasteiger partial charge >= 0.3 is 0 Å². The number of rotatable bonds is 8. The van der Waals surface area contributed by atoms with E-state index in [1.54, 1.807) is 12.1 Å². The first-order chi connectivity index (χ1) is 17.0. The maximum Gasteiger partial charge on any atom is 0.269 e. The number of nitro benzene ring substituents is 1. The van der Waals surface area contributed by atoms with Crippen LogP contribution in [-0.2, 0) is 6.54 Å². The van der Waals surface area contributed by atoms with Gasteiger partial charge in [-0.25, -0.2) is 4.68 Å². The van der Waals surface area contributed by atoms with E-state index in [4.69, 9.17) is 9.47 Å². The summed E-state index contributed by atoms with van der Waals surface area (Å²) in [4.78, 5) is 15.3. The fourth-order valence-electron chi connectivity index (χ4n) is 4.72. The van der Waals surface area contributed by atoms with Gasteiger partial charge in [-0.05, 0) is 52.6 Å². The number of tetrazole rings is 1. The summed E-state index contributed by atoms with van der Waals surface area (Å²) in [5.41, 5.74) is 2.16. The number of piperazine rings is 1. The van der Waals surface area contributed by atoms with Crippen LogP contribution in [0.15, 0.2) is 42.5 Å². The second-order valence-corrected chi connectivity index (χ2v) is 9.32. The smallest absolute Gasteiger partial charge is 0.269 e. The third kappa shape index (κ3) is 5.04. The molecule has 0 unspecified atom stereocenters. The van der Waals surface area contributed by atoms with Crippen molar-refractivity contribution < 1.29 is 14.4 Å². The molecule has 184 valence electrons. The standard InChI is InChI=1S/C24H29N7O4/c1-17(2)13-21(29-11-9-28(10-12-29)19-4-6-20(7-5-19)31(32)33)24-25-26-27-30(24)15-18-3-8-22-23(14-18)35-16-34-22/h3-8,14,17,21H,9-13,15-16H2,1-2H3/t21-/m1/s1. The number of benzene rings is 2. The van der Waals surface area contributed by atoms with Crippen LogP contribution in [-0.4, -0.2) is 63.0 Å². The first-order valence-corrected chi connectivity index (χ1v) is 11.9. The molecule has 0 radical (unpaired) electrons. The van der Waals surface area contributed by atoms with Crippen molar-refractivity contribution in [2.24, 2.45) is 5.92 Å². The molecule has 11 nitrogen and oxygen atoms in total. The summed E-state index contributed by atoms with van der Waals surface area (Å²) in [5.74, 6) is 2.84. The normalized spacial score (nSPS) is 16.6. The summed E-state index contributed by atoms with van der Waals surface area (Å²) in [5, 5.41) is 23.7. The average Bonchev–Trinajstić information content (AvgIpc) is 3.52. The summed E-state index contributed by atoms with van der Waals surface area (Å²) in [6, 6.07) is 12.8. The van der Waals surface area contributed by atoms with Crippen LogP contribution in [0, 0.1) is 16.0 Å². The quantitative estimate of drug-likeness (QED) is 0.355. The van der Waals surface area contributed by atoms with Crippen LogP contribution >= 0.6 is 0 Å². The molecule has 3 heterocycles. The highest BCUT2D eigenvalue weighted by Gasteiger charge is 2.30. The van der Waals surface area contributed by atoms with Gasteiger partial charge in [0.2, 0.25) is 6.79 Å². The van der Waals surface area contributed by atoms with Crippen molar-refractivity contribution in [1.29, 1.82) is 0 Å². The van der Waals surface area contributed by atoms with E-state index in [0.29, 0.717) is 12.5 Å². The summed E-state index contributed by atoms with van der Waals surface area (Å²) < 4.78 is 12.8. The molecule has 0 aliphatic carbocycles. The molecule has 2 aromatic carbocycles. The Labute approximate surface area is 203 Å². The Morgan fingerprint density at radius 3 is 2.49 bits per heavy atom. The van der Waals surface area contributed by atoms with E-state index in [1.807, 2.05) is 35.0 Å². The van der Waals surface area contributed by atoms with E-state index in [-0.39, 0.29) is 23.4 Å². The first kappa shape index (κ1) is 23.0. The topological polar surface area (TPSA) is 112 Å². The van der Waals surface area contributed by atoms with Gasteiger partial charge in [0.1, 0.15) is 0 Å². The van der Waals surface area contributed by atoms with E-state index >= 15 is 0 Å². The molecule has 35 heavy (non-hydrogen) atoms. The van der Waals surface area contributed by atoms with Crippen LogP contribution in [0.4, 0.5) is 11.4 Å². The lowest BCUT2D eigenvalue weighted by atomic mass is 10.0. The van der Waals surface area contributed by atoms with Crippen molar-refractivity contribution in [3.05, 3.63) is 64.0 Å². The molecule has 0 bridgehead atoms. The molecule has 2 aliphatic rings. The van der Waals surface area contributed by atoms with E-state index in [1.165, 1.54) is 0 Å². The molecule has 5 rings (SSSR count). The van der Waals surface area contributed by atoms with Crippen LogP contribution in [0.1, 0.15) is 37.7 Å². The van der Waals surface area contributed by atoms with E-state index in [9.17, 15) is 10.1 Å². The lowest BCUT2D eigenvalue weighted by Gasteiger charge is -2.40. The van der Waals surface area contributed by atoms with Crippen LogP contribution in [0.2, 0.25) is 0 Å². The molecule has 11 heteroatoms. The molecule has 0 N–H and O–H groups in total. The second-order valence-electron chi connectivity index (χ2n) is 9.32. The Morgan fingerprint density at radius 2 is 1.77 bits per heavy atom. The van der Waals surface area contributed by atoms with Crippen LogP contribution in [0.5, 0.6) is 11.5 Å². The molecular formula is C24H29N7O4. The Hall–Kier alpha value is -3.73. The Morgan fingerprint density at radius 1 is 1.03 bits per heavy atom. The van der Waals surface area contributed by atoms with Crippen molar-refractivity contribution in [2.75, 3.05) is 37.9 Å². The minimum Gasteiger partial charge on any atom is -0.454 e. The minimum atomic E-state index is -0.369. The van der Waals surface area contributed by atoms with Crippen molar-refractivity contribution in [1.82, 2.24) is 25.1 Å². The predicted octanol–water partition coefficient (Wildman–Crippen LogP) is 3.27. The van der Waals surface area contributed by atoms with E-state index in [0.717, 1.165) is 61.2 Å². The molecule has 0 amide bonds. The highest BCUT2D eigenvalue weighted by Crippen LogP contribution is 2.33. The summed E-state index contributed by atoms with van der Waals surface area (Å²) in [6.45, 7) is 8.59. The van der Waals surface area contributed by atoms with E-state index in [2.05, 4.69) is 39.2 Å². The van der Waals surface area contributed by atoms with Gasteiger partial charge in [0, 0.05) is 44.0 Å². The van der Waals surface area contributed by atoms with Crippen molar-refractivity contribution in [2.45, 2.75) is 32.9 Å². The van der Waals surface area contributed by atoms with Crippen molar-refractivity contribution in [3.8, 4) is 11.5 Å². The fourth-order valence-corrected chi connectivity index (χ4v) is 4.72. The molecule has 0 spiro atoms. The Balaban J connectivity index is 1.30. The predicted molar refractivity (Wildman–Crippen MR) is 129 cm³/mol. The van der Waals surface area contributed by atoms with Gasteiger partial charge < -0.3 is 14.4 Å². The number of hydrogen-bond donors (Lipinski definition) is 0. The Bertz CT molecular complexity index is 1170. The number of ether oxygens (including phenoxy) is 2. The molecule has 1 saturated heterocycles. The van der Waals surface area contributed by atoms with Gasteiger partial charge in [0.05, 0.1) is 17.5 Å². The SMILES string of the molecule is CC(C)C[C@H](c1nnnn1Cc1ccc2c(c1)OCO2)N1CCN(c2ccc([N+](=O)[O-])cc2)CC1. The maximum atomic E-state index is 11.0. The number of nitrogens with zero attached hydrogens (tertiary/aromatic N) is 7. The first-order valence-electron chi connectivity index (χ1n) is 11.9. The fraction of sp³-hybridized carbons (Fsp3) is 0.458. The lowest BCUT2D eigenvalue weighted by molar-refractivity contribution is -0.384. The zero-order valence-electron chi connectivity index (χ0n) is 19.9. The highest BCUT2D eigenvalue weighted by molar-refractivity contribution is 5.51. The van der Waals surface area contributed by atoms with Gasteiger partial charge in [0.15, 0.2) is 17.3 Å². The number of hydrogen-bond acceptors (Lipinski definition) is 9. The summed E-state index contributed by atoms with van der Waals surface area (Å²) in [6.07, 6.45) is 0.943. The molecule has 0 saturated carbocycles. The van der Waals surface area contributed by atoms with Gasteiger partial charge in [-0.15, -0.1) is 5.10 Å². The van der Waals surface area contributed by atoms with Gasteiger partial charge in [0.25, 0.3) is 5.69 Å². The molecule has 2 aliphatic heterocycles. The molecular weight excluding hydrogens is 450 g/mol. The molecule has 1 fully saturated rings. The van der Waals surface area contributed by atoms with Crippen LogP contribution in [0.25, 0.3) is 0 Å². The number of aromatic nitrogens is 4. The van der Waals surface area contributed by atoms with Crippen LogP contribution < -0.4 is 14.4 Å². The van der Waals surface area contributed by atoms with Gasteiger partial charge in [-0.3, -0.25) is 15.0 Å². The highest BCUT2D eigenvalue weighted by atomic mass is 16.7.